The van der Waals surface area contributed by atoms with Crippen LogP contribution in [0, 0.1) is 20.8 Å². The van der Waals surface area contributed by atoms with Crippen molar-refractivity contribution in [3.63, 3.8) is 0 Å². The predicted molar refractivity (Wildman–Crippen MR) is 100 cm³/mol. The molecule has 27 heavy (non-hydrogen) atoms. The van der Waals surface area contributed by atoms with Crippen LogP contribution in [0.15, 0.2) is 24.4 Å². The van der Waals surface area contributed by atoms with Gasteiger partial charge in [-0.05, 0) is 50.8 Å². The Kier molecular flexibility index (Phi) is 5.48. The summed E-state index contributed by atoms with van der Waals surface area (Å²) in [4.78, 5) is 25.4. The molecule has 7 heteroatoms. The lowest BCUT2D eigenvalue weighted by atomic mass is 10.0. The third-order valence-corrected chi connectivity index (χ3v) is 5.13. The molecule has 0 atom stereocenters. The van der Waals surface area contributed by atoms with Crippen LogP contribution in [0.1, 0.15) is 46.1 Å². The third-order valence-electron chi connectivity index (χ3n) is 5.13. The minimum absolute atomic E-state index is 0.0267. The number of nitrogens with zero attached hydrogens (tertiary/aromatic N) is 3. The molecule has 144 valence electrons. The van der Waals surface area contributed by atoms with Crippen molar-refractivity contribution in [2.45, 2.75) is 39.7 Å². The minimum atomic E-state index is -0.963. The molecule has 0 unspecified atom stereocenters. The number of carboxylic acids is 1. The van der Waals surface area contributed by atoms with E-state index in [2.05, 4.69) is 5.10 Å². The van der Waals surface area contributed by atoms with Crippen LogP contribution in [-0.2, 0) is 4.79 Å². The Morgan fingerprint density at radius 2 is 1.93 bits per heavy atom. The van der Waals surface area contributed by atoms with Gasteiger partial charge in [-0.2, -0.15) is 5.10 Å². The largest absolute Gasteiger partial charge is 0.483 e. The topological polar surface area (TPSA) is 84.7 Å². The van der Waals surface area contributed by atoms with E-state index in [0.29, 0.717) is 18.8 Å². The second-order valence-corrected chi connectivity index (χ2v) is 7.06. The fraction of sp³-hybridized carbons (Fsp3) is 0.450. The molecule has 1 aliphatic heterocycles. The quantitative estimate of drug-likeness (QED) is 0.874. The molecule has 1 amide bonds. The predicted octanol–water partition coefficient (Wildman–Crippen LogP) is 2.75. The number of amides is 1. The standard InChI is InChI=1S/C20H25N3O4/c1-13-4-5-14(2)18(10-13)27-12-19(24)22-8-6-16(7-9-22)23-15(3)17(11-21-23)20(25)26/h4-5,10-11,16H,6-9,12H2,1-3H3,(H,25,26). The highest BCUT2D eigenvalue weighted by Gasteiger charge is 2.26. The average molecular weight is 371 g/mol. The van der Waals surface area contributed by atoms with E-state index >= 15 is 0 Å². The van der Waals surface area contributed by atoms with Crippen molar-refractivity contribution in [3.05, 3.63) is 46.8 Å². The monoisotopic (exact) mass is 371 g/mol. The fourth-order valence-corrected chi connectivity index (χ4v) is 3.45. The van der Waals surface area contributed by atoms with Gasteiger partial charge < -0.3 is 14.7 Å². The molecule has 3 rings (SSSR count). The first-order chi connectivity index (χ1) is 12.9. The molecule has 1 aromatic heterocycles. The van der Waals surface area contributed by atoms with Gasteiger partial charge >= 0.3 is 5.97 Å². The van der Waals surface area contributed by atoms with Crippen LogP contribution in [0.2, 0.25) is 0 Å². The number of rotatable bonds is 5. The Morgan fingerprint density at radius 1 is 1.22 bits per heavy atom. The molecule has 0 spiro atoms. The Hall–Kier alpha value is -2.83. The molecule has 1 aromatic carbocycles. The molecule has 0 radical (unpaired) electrons. The van der Waals surface area contributed by atoms with Crippen molar-refractivity contribution in [2.75, 3.05) is 19.7 Å². The summed E-state index contributed by atoms with van der Waals surface area (Å²) in [5, 5.41) is 13.4. The fourth-order valence-electron chi connectivity index (χ4n) is 3.45. The molecule has 0 bridgehead atoms. The average Bonchev–Trinajstić information content (AvgIpc) is 3.04. The van der Waals surface area contributed by atoms with E-state index in [1.807, 2.05) is 32.0 Å². The highest BCUT2D eigenvalue weighted by Crippen LogP contribution is 2.25. The number of aromatic nitrogens is 2. The SMILES string of the molecule is Cc1ccc(C)c(OCC(=O)N2CCC(n3ncc(C(=O)O)c3C)CC2)c1. The number of aryl methyl sites for hydroxylation is 2. The number of benzene rings is 1. The highest BCUT2D eigenvalue weighted by atomic mass is 16.5. The summed E-state index contributed by atoms with van der Waals surface area (Å²) in [5.74, 6) is -0.251. The van der Waals surface area contributed by atoms with Crippen molar-refractivity contribution >= 4 is 11.9 Å². The van der Waals surface area contributed by atoms with Crippen molar-refractivity contribution in [3.8, 4) is 5.75 Å². The summed E-state index contributed by atoms with van der Waals surface area (Å²) in [6.07, 6.45) is 2.89. The number of hydrogen-bond acceptors (Lipinski definition) is 4. The molecule has 0 saturated carbocycles. The van der Waals surface area contributed by atoms with E-state index < -0.39 is 5.97 Å². The first-order valence-corrected chi connectivity index (χ1v) is 9.12. The van der Waals surface area contributed by atoms with Crippen molar-refractivity contribution in [1.29, 1.82) is 0 Å². The number of aromatic carboxylic acids is 1. The Balaban J connectivity index is 1.55. The van der Waals surface area contributed by atoms with Crippen LogP contribution >= 0.6 is 0 Å². The van der Waals surface area contributed by atoms with E-state index in [4.69, 9.17) is 9.84 Å². The van der Waals surface area contributed by atoms with Gasteiger partial charge in [0, 0.05) is 13.1 Å². The third kappa shape index (κ3) is 4.13. The molecule has 1 fully saturated rings. The van der Waals surface area contributed by atoms with Gasteiger partial charge in [0.05, 0.1) is 17.9 Å². The zero-order valence-corrected chi connectivity index (χ0v) is 15.9. The van der Waals surface area contributed by atoms with Gasteiger partial charge in [-0.1, -0.05) is 12.1 Å². The summed E-state index contributed by atoms with van der Waals surface area (Å²) in [6, 6.07) is 6.05. The second-order valence-electron chi connectivity index (χ2n) is 7.06. The van der Waals surface area contributed by atoms with Gasteiger partial charge in [-0.15, -0.1) is 0 Å². The minimum Gasteiger partial charge on any atom is -0.483 e. The first-order valence-electron chi connectivity index (χ1n) is 9.12. The van der Waals surface area contributed by atoms with E-state index in [9.17, 15) is 9.59 Å². The zero-order chi connectivity index (χ0) is 19.6. The van der Waals surface area contributed by atoms with Crippen LogP contribution in [0.5, 0.6) is 5.75 Å². The Labute approximate surface area is 158 Å². The normalized spacial score (nSPS) is 15.0. The summed E-state index contributed by atoms with van der Waals surface area (Å²) in [6.45, 7) is 6.97. The zero-order valence-electron chi connectivity index (χ0n) is 15.9. The van der Waals surface area contributed by atoms with Crippen LogP contribution in [-0.4, -0.2) is 51.4 Å². The molecule has 1 saturated heterocycles. The lowest BCUT2D eigenvalue weighted by Crippen LogP contribution is -2.41. The number of carbonyl (C=O) groups excluding carboxylic acids is 1. The van der Waals surface area contributed by atoms with Crippen molar-refractivity contribution in [1.82, 2.24) is 14.7 Å². The number of likely N-dealkylation sites (tertiary alicyclic amines) is 1. The number of carbonyl (C=O) groups is 2. The number of ether oxygens (including phenoxy) is 1. The van der Waals surface area contributed by atoms with Gasteiger partial charge in [-0.25, -0.2) is 4.79 Å². The maximum Gasteiger partial charge on any atom is 0.339 e. The molecule has 2 heterocycles. The summed E-state index contributed by atoms with van der Waals surface area (Å²) in [5.41, 5.74) is 3.00. The Morgan fingerprint density at radius 3 is 2.56 bits per heavy atom. The van der Waals surface area contributed by atoms with Crippen LogP contribution in [0.4, 0.5) is 0 Å². The molecule has 7 nitrogen and oxygen atoms in total. The maximum atomic E-state index is 12.5. The van der Waals surface area contributed by atoms with E-state index in [-0.39, 0.29) is 24.1 Å². The summed E-state index contributed by atoms with van der Waals surface area (Å²) >= 11 is 0. The van der Waals surface area contributed by atoms with Gasteiger partial charge in [0.1, 0.15) is 11.3 Å². The Bertz CT molecular complexity index is 851. The smallest absolute Gasteiger partial charge is 0.339 e. The number of hydrogen-bond donors (Lipinski definition) is 1. The summed E-state index contributed by atoms with van der Waals surface area (Å²) < 4.78 is 7.49. The molecular formula is C20H25N3O4. The van der Waals surface area contributed by atoms with E-state index in [1.165, 1.54) is 6.20 Å². The number of carboxylic acid groups (broad SMARTS) is 1. The molecule has 0 aliphatic carbocycles. The first kappa shape index (κ1) is 18.9. The summed E-state index contributed by atoms with van der Waals surface area (Å²) in [7, 11) is 0. The van der Waals surface area contributed by atoms with Gasteiger partial charge in [0.2, 0.25) is 0 Å². The second kappa shape index (κ2) is 7.82. The lowest BCUT2D eigenvalue weighted by Gasteiger charge is -2.32. The number of piperidine rings is 1. The van der Waals surface area contributed by atoms with Crippen molar-refractivity contribution in [2.24, 2.45) is 0 Å². The van der Waals surface area contributed by atoms with Crippen LogP contribution < -0.4 is 4.74 Å². The van der Waals surface area contributed by atoms with Crippen LogP contribution in [0.25, 0.3) is 0 Å². The molecule has 2 aromatic rings. The maximum absolute atomic E-state index is 12.5. The van der Waals surface area contributed by atoms with Crippen LogP contribution in [0.3, 0.4) is 0 Å². The van der Waals surface area contributed by atoms with Gasteiger partial charge in [0.15, 0.2) is 6.61 Å². The molecule has 1 aliphatic rings. The molecule has 1 N–H and O–H groups in total. The lowest BCUT2D eigenvalue weighted by molar-refractivity contribution is -0.134. The molecular weight excluding hydrogens is 346 g/mol. The van der Waals surface area contributed by atoms with Gasteiger partial charge in [0.25, 0.3) is 5.91 Å². The van der Waals surface area contributed by atoms with Gasteiger partial charge in [-0.3, -0.25) is 9.48 Å². The van der Waals surface area contributed by atoms with Crippen molar-refractivity contribution < 1.29 is 19.4 Å². The van der Waals surface area contributed by atoms with E-state index in [1.54, 1.807) is 16.5 Å². The highest BCUT2D eigenvalue weighted by molar-refractivity contribution is 5.88. The van der Waals surface area contributed by atoms with E-state index in [0.717, 1.165) is 29.7 Å².